The number of nitrogens with one attached hydrogen (secondary N) is 1. The zero-order valence-electron chi connectivity index (χ0n) is 8.25. The molecule has 1 saturated carbocycles. The van der Waals surface area contributed by atoms with Gasteiger partial charge in [-0.25, -0.2) is 14.2 Å². The van der Waals surface area contributed by atoms with Crippen LogP contribution in [0.3, 0.4) is 0 Å². The van der Waals surface area contributed by atoms with Gasteiger partial charge in [0, 0.05) is 5.54 Å². The lowest BCUT2D eigenvalue weighted by atomic mass is 10.2. The Kier molecular flexibility index (Phi) is 2.10. The minimum atomic E-state index is -1.17. The normalized spacial score (nSPS) is 17.2. The summed E-state index contributed by atoms with van der Waals surface area (Å²) in [5.74, 6) is -1.57. The number of carboxylic acid groups (broad SMARTS) is 1. The molecule has 2 rings (SSSR count). The number of rotatable bonds is 3. The van der Waals surface area contributed by atoms with Crippen LogP contribution in [0.5, 0.6) is 0 Å². The molecular formula is C10H11FN2O2. The van der Waals surface area contributed by atoms with Gasteiger partial charge in [-0.3, -0.25) is 0 Å². The molecule has 1 aromatic rings. The van der Waals surface area contributed by atoms with Crippen LogP contribution in [0.15, 0.2) is 12.3 Å². The fourth-order valence-electron chi connectivity index (χ4n) is 1.30. The minimum absolute atomic E-state index is 0.0744. The number of carboxylic acids is 1. The molecule has 0 aromatic carbocycles. The van der Waals surface area contributed by atoms with Gasteiger partial charge in [0.05, 0.1) is 6.20 Å². The van der Waals surface area contributed by atoms with Crippen molar-refractivity contribution in [1.29, 1.82) is 0 Å². The average Bonchev–Trinajstić information content (AvgIpc) is 2.87. The van der Waals surface area contributed by atoms with Gasteiger partial charge in [0.15, 0.2) is 0 Å². The minimum Gasteiger partial charge on any atom is -0.478 e. The van der Waals surface area contributed by atoms with E-state index in [0.29, 0.717) is 0 Å². The lowest BCUT2D eigenvalue weighted by molar-refractivity contribution is 0.0697. The van der Waals surface area contributed by atoms with E-state index >= 15 is 0 Å². The molecule has 0 saturated heterocycles. The van der Waals surface area contributed by atoms with Gasteiger partial charge in [-0.05, 0) is 25.8 Å². The molecule has 0 radical (unpaired) electrons. The molecule has 15 heavy (non-hydrogen) atoms. The van der Waals surface area contributed by atoms with E-state index in [2.05, 4.69) is 10.3 Å². The zero-order chi connectivity index (χ0) is 11.1. The number of hydrogen-bond acceptors (Lipinski definition) is 3. The molecule has 5 heteroatoms. The van der Waals surface area contributed by atoms with Crippen molar-refractivity contribution in [1.82, 2.24) is 4.98 Å². The van der Waals surface area contributed by atoms with Crippen molar-refractivity contribution in [3.63, 3.8) is 0 Å². The van der Waals surface area contributed by atoms with Crippen LogP contribution < -0.4 is 5.32 Å². The quantitative estimate of drug-likeness (QED) is 0.799. The van der Waals surface area contributed by atoms with Gasteiger partial charge in [-0.1, -0.05) is 0 Å². The molecule has 1 aromatic heterocycles. The van der Waals surface area contributed by atoms with E-state index in [-0.39, 0.29) is 16.9 Å². The summed E-state index contributed by atoms with van der Waals surface area (Å²) in [5.41, 5.74) is -0.196. The summed E-state index contributed by atoms with van der Waals surface area (Å²) in [6, 6.07) is 0.976. The summed E-state index contributed by atoms with van der Waals surface area (Å²) in [7, 11) is 0. The highest BCUT2D eigenvalue weighted by Crippen LogP contribution is 2.38. The standard InChI is InChI=1S/C10H11FN2O2/c1-10(2-3-10)13-8-7(9(14)15)4-6(11)5-12-8/h4-5H,2-3H2,1H3,(H,12,13)(H,14,15). The van der Waals surface area contributed by atoms with Crippen molar-refractivity contribution in [3.05, 3.63) is 23.6 Å². The molecule has 0 unspecified atom stereocenters. The summed E-state index contributed by atoms with van der Waals surface area (Å²) >= 11 is 0. The maximum Gasteiger partial charge on any atom is 0.339 e. The molecule has 80 valence electrons. The van der Waals surface area contributed by atoms with Crippen LogP contribution in [-0.2, 0) is 0 Å². The number of pyridine rings is 1. The molecule has 0 bridgehead atoms. The van der Waals surface area contributed by atoms with Crippen molar-refractivity contribution in [3.8, 4) is 0 Å². The summed E-state index contributed by atoms with van der Waals surface area (Å²) in [6.07, 6.45) is 2.97. The third kappa shape index (κ3) is 2.06. The topological polar surface area (TPSA) is 62.2 Å². The predicted molar refractivity (Wildman–Crippen MR) is 52.4 cm³/mol. The first-order valence-electron chi connectivity index (χ1n) is 4.67. The lowest BCUT2D eigenvalue weighted by Gasteiger charge is -2.13. The van der Waals surface area contributed by atoms with E-state index in [1.165, 1.54) is 0 Å². The second-order valence-corrected chi connectivity index (χ2v) is 4.04. The fourth-order valence-corrected chi connectivity index (χ4v) is 1.30. The molecule has 0 spiro atoms. The molecule has 2 N–H and O–H groups in total. The van der Waals surface area contributed by atoms with E-state index in [9.17, 15) is 9.18 Å². The fraction of sp³-hybridized carbons (Fsp3) is 0.400. The van der Waals surface area contributed by atoms with Crippen LogP contribution in [0.2, 0.25) is 0 Å². The van der Waals surface area contributed by atoms with Crippen molar-refractivity contribution in [2.75, 3.05) is 5.32 Å². The van der Waals surface area contributed by atoms with Crippen LogP contribution in [-0.4, -0.2) is 21.6 Å². The van der Waals surface area contributed by atoms with Crippen molar-refractivity contribution >= 4 is 11.8 Å². The predicted octanol–water partition coefficient (Wildman–Crippen LogP) is 1.88. The van der Waals surface area contributed by atoms with Gasteiger partial charge in [-0.2, -0.15) is 0 Å². The summed E-state index contributed by atoms with van der Waals surface area (Å²) in [4.78, 5) is 14.6. The number of carbonyl (C=O) groups is 1. The highest BCUT2D eigenvalue weighted by molar-refractivity contribution is 5.93. The third-order valence-corrected chi connectivity index (χ3v) is 2.50. The SMILES string of the molecule is CC1(Nc2ncc(F)cc2C(=O)O)CC1. The molecule has 1 heterocycles. The lowest BCUT2D eigenvalue weighted by Crippen LogP contribution is -2.19. The van der Waals surface area contributed by atoms with E-state index in [1.54, 1.807) is 0 Å². The average molecular weight is 210 g/mol. The van der Waals surface area contributed by atoms with Crippen molar-refractivity contribution in [2.45, 2.75) is 25.3 Å². The van der Waals surface area contributed by atoms with Gasteiger partial charge in [0.2, 0.25) is 0 Å². The first-order valence-corrected chi connectivity index (χ1v) is 4.67. The number of hydrogen-bond donors (Lipinski definition) is 2. The van der Waals surface area contributed by atoms with Crippen LogP contribution in [0, 0.1) is 5.82 Å². The molecular weight excluding hydrogens is 199 g/mol. The Bertz CT molecular complexity index is 416. The van der Waals surface area contributed by atoms with Crippen LogP contribution >= 0.6 is 0 Å². The largest absolute Gasteiger partial charge is 0.478 e. The highest BCUT2D eigenvalue weighted by atomic mass is 19.1. The smallest absolute Gasteiger partial charge is 0.339 e. The maximum atomic E-state index is 12.8. The van der Waals surface area contributed by atoms with E-state index in [0.717, 1.165) is 25.1 Å². The van der Waals surface area contributed by atoms with Crippen LogP contribution in [0.1, 0.15) is 30.1 Å². The van der Waals surface area contributed by atoms with E-state index < -0.39 is 11.8 Å². The Morgan fingerprint density at radius 3 is 2.87 bits per heavy atom. The second kappa shape index (κ2) is 3.18. The van der Waals surface area contributed by atoms with Crippen LogP contribution in [0.4, 0.5) is 10.2 Å². The van der Waals surface area contributed by atoms with E-state index in [1.807, 2.05) is 6.92 Å². The molecule has 0 amide bonds. The highest BCUT2D eigenvalue weighted by Gasteiger charge is 2.38. The number of anilines is 1. The number of aromatic carboxylic acids is 1. The molecule has 1 fully saturated rings. The monoisotopic (exact) mass is 210 g/mol. The van der Waals surface area contributed by atoms with Crippen molar-refractivity contribution < 1.29 is 14.3 Å². The molecule has 1 aliphatic rings. The first-order chi connectivity index (χ1) is 7.00. The number of nitrogens with zero attached hydrogens (tertiary/aromatic N) is 1. The van der Waals surface area contributed by atoms with Gasteiger partial charge in [-0.15, -0.1) is 0 Å². The number of halogens is 1. The molecule has 1 aliphatic carbocycles. The van der Waals surface area contributed by atoms with E-state index in [4.69, 9.17) is 5.11 Å². The maximum absolute atomic E-state index is 12.8. The van der Waals surface area contributed by atoms with Crippen molar-refractivity contribution in [2.24, 2.45) is 0 Å². The Morgan fingerprint density at radius 2 is 2.33 bits per heavy atom. The zero-order valence-corrected chi connectivity index (χ0v) is 8.25. The Hall–Kier alpha value is -1.65. The second-order valence-electron chi connectivity index (χ2n) is 4.04. The Labute approximate surface area is 86.1 Å². The summed E-state index contributed by atoms with van der Waals surface area (Å²) in [6.45, 7) is 1.98. The third-order valence-electron chi connectivity index (χ3n) is 2.50. The number of aromatic nitrogens is 1. The summed E-state index contributed by atoms with van der Waals surface area (Å²) < 4.78 is 12.8. The van der Waals surface area contributed by atoms with Crippen LogP contribution in [0.25, 0.3) is 0 Å². The molecule has 0 aliphatic heterocycles. The van der Waals surface area contributed by atoms with Gasteiger partial charge in [0.25, 0.3) is 0 Å². The van der Waals surface area contributed by atoms with Gasteiger partial charge < -0.3 is 10.4 Å². The first kappa shape index (κ1) is 9.89. The Morgan fingerprint density at radius 1 is 1.67 bits per heavy atom. The molecule has 0 atom stereocenters. The summed E-state index contributed by atoms with van der Waals surface area (Å²) in [5, 5.41) is 11.9. The molecule has 4 nitrogen and oxygen atoms in total. The Balaban J connectivity index is 2.32. The van der Waals surface area contributed by atoms with Gasteiger partial charge in [0.1, 0.15) is 17.2 Å². The van der Waals surface area contributed by atoms with Gasteiger partial charge >= 0.3 is 5.97 Å².